The molecule has 4 aromatic carbocycles. The van der Waals surface area contributed by atoms with Crippen LogP contribution in [0.4, 0.5) is 0 Å². The van der Waals surface area contributed by atoms with Gasteiger partial charge in [-0.2, -0.15) is 0 Å². The zero-order chi connectivity index (χ0) is 37.1. The van der Waals surface area contributed by atoms with E-state index in [2.05, 4.69) is 6.92 Å². The molecule has 0 amide bonds. The number of hydrogen-bond donors (Lipinski definition) is 0. The van der Waals surface area contributed by atoms with Crippen molar-refractivity contribution in [3.05, 3.63) is 36.4 Å². The monoisotopic (exact) mass is 832 g/mol. The van der Waals surface area contributed by atoms with Crippen molar-refractivity contribution in [2.24, 2.45) is 0 Å². The van der Waals surface area contributed by atoms with Gasteiger partial charge < -0.3 is 18.4 Å². The van der Waals surface area contributed by atoms with Gasteiger partial charge in [-0.1, -0.05) is 147 Å². The second-order valence-corrected chi connectivity index (χ2v) is 17.8. The van der Waals surface area contributed by atoms with Gasteiger partial charge in [0.05, 0.1) is 21.3 Å². The summed E-state index contributed by atoms with van der Waals surface area (Å²) in [6, 6.07) is 6.67. The van der Waals surface area contributed by atoms with Crippen molar-refractivity contribution in [2.45, 2.75) is 150 Å². The fraction of sp³-hybridized carbons (Fsp3) is 0.579. The fourth-order valence-electron chi connectivity index (χ4n) is 7.15. The first-order valence-corrected chi connectivity index (χ1v) is 22.8. The Hall–Kier alpha value is 0.450. The van der Waals surface area contributed by atoms with E-state index in [0.29, 0.717) is 12.5 Å². The van der Waals surface area contributed by atoms with E-state index in [-0.39, 0.29) is 133 Å². The molecule has 0 atom stereocenters. The van der Waals surface area contributed by atoms with Gasteiger partial charge in [-0.05, 0) is 24.6 Å². The van der Waals surface area contributed by atoms with Crippen molar-refractivity contribution in [2.75, 3.05) is 6.61 Å². The second-order valence-electron chi connectivity index (χ2n) is 13.7. The quantitative estimate of drug-likeness (QED) is 0.0395. The summed E-state index contributed by atoms with van der Waals surface area (Å²) in [7, 11) is -15.6. The van der Waals surface area contributed by atoms with Crippen molar-refractivity contribution >= 4 is 62.7 Å². The van der Waals surface area contributed by atoms with Crippen molar-refractivity contribution < 1.29 is 132 Å². The van der Waals surface area contributed by atoms with Crippen molar-refractivity contribution in [3.63, 3.8) is 0 Å². The first kappa shape index (κ1) is 52.5. The Balaban J connectivity index is 0.00000486. The molecule has 54 heavy (non-hydrogen) atoms. The minimum atomic E-state index is -5.27. The molecular weight excluding hydrogens is 782 g/mol. The second kappa shape index (κ2) is 25.2. The van der Waals surface area contributed by atoms with Gasteiger partial charge in [0.25, 0.3) is 0 Å². The number of unbranched alkanes of at least 4 members (excludes halogenated alkanes) is 19. The van der Waals surface area contributed by atoms with Crippen LogP contribution in [0.3, 0.4) is 0 Å². The maximum Gasteiger partial charge on any atom is 1.00 e. The van der Waals surface area contributed by atoms with Gasteiger partial charge in [-0.15, -0.1) is 0 Å². The van der Waals surface area contributed by atoms with Crippen LogP contribution in [0.15, 0.2) is 51.1 Å². The molecule has 10 nitrogen and oxygen atoms in total. The molecule has 0 saturated heterocycles. The zero-order valence-corrected chi connectivity index (χ0v) is 41.1. The summed E-state index contributed by atoms with van der Waals surface area (Å²) in [5.41, 5.74) is 0. The molecule has 0 aliphatic rings. The molecule has 284 valence electrons. The molecule has 0 spiro atoms. The predicted molar refractivity (Wildman–Crippen MR) is 198 cm³/mol. The smallest absolute Gasteiger partial charge is 0.744 e. The molecule has 0 N–H and O–H groups in total. The summed E-state index contributed by atoms with van der Waals surface area (Å²) in [5, 5.41) is -0.365. The Bertz CT molecular complexity index is 2020. The third-order valence-electron chi connectivity index (χ3n) is 9.81. The van der Waals surface area contributed by atoms with E-state index in [9.17, 15) is 38.9 Å². The van der Waals surface area contributed by atoms with Crippen LogP contribution < -0.4 is 93.4 Å². The zero-order valence-electron chi connectivity index (χ0n) is 32.6. The summed E-state index contributed by atoms with van der Waals surface area (Å²) < 4.78 is 116. The van der Waals surface area contributed by atoms with Crippen molar-refractivity contribution in [3.8, 4) is 5.75 Å². The molecule has 16 heteroatoms. The van der Waals surface area contributed by atoms with E-state index >= 15 is 0 Å². The third-order valence-corrected chi connectivity index (χ3v) is 12.4. The van der Waals surface area contributed by atoms with E-state index < -0.39 is 45.0 Å². The predicted octanol–water partition coefficient (Wildman–Crippen LogP) is 0.509. The van der Waals surface area contributed by atoms with Crippen LogP contribution >= 0.6 is 0 Å². The average molecular weight is 833 g/mol. The standard InChI is InChI=1S/C38H54O10S3.3Na/c1-2-3-4-5-6-7-8-9-10-11-12-13-14-15-16-17-18-19-20-21-26-48-33-27-34(49(39,40)41)30-24-25-32-36(51(45,46)47)28-35(50(42,43)44)31-23-22-29(33)37(30)38(31)32;;;/h22-25,27-28H,2-21,26H2,1H3,(H,39,40,41)(H,42,43,44)(H,45,46,47);;;/q;3*+1/p-3. The van der Waals surface area contributed by atoms with Gasteiger partial charge in [0.1, 0.15) is 36.1 Å². The van der Waals surface area contributed by atoms with Crippen molar-refractivity contribution in [1.29, 1.82) is 0 Å². The first-order chi connectivity index (χ1) is 24.2. The molecule has 0 heterocycles. The Labute approximate surface area is 389 Å². The topological polar surface area (TPSA) is 181 Å². The van der Waals surface area contributed by atoms with Gasteiger partial charge in [0.2, 0.25) is 0 Å². The van der Waals surface area contributed by atoms with Gasteiger partial charge in [-0.3, -0.25) is 0 Å². The molecule has 0 aliphatic heterocycles. The Morgan fingerprint density at radius 3 is 1.04 bits per heavy atom. The van der Waals surface area contributed by atoms with Crippen LogP contribution in [-0.2, 0) is 30.4 Å². The molecule has 0 radical (unpaired) electrons. The summed E-state index contributed by atoms with van der Waals surface area (Å²) in [6.07, 6.45) is 24.9. The molecule has 0 unspecified atom stereocenters. The number of hydrogen-bond acceptors (Lipinski definition) is 10. The fourth-order valence-corrected chi connectivity index (χ4v) is 9.31. The molecule has 4 aromatic rings. The van der Waals surface area contributed by atoms with Crippen LogP contribution in [0.2, 0.25) is 0 Å². The first-order valence-electron chi connectivity index (χ1n) is 18.5. The van der Waals surface area contributed by atoms with Gasteiger partial charge in [0.15, 0.2) is 0 Å². The van der Waals surface area contributed by atoms with E-state index in [0.717, 1.165) is 31.4 Å². The number of rotatable bonds is 25. The van der Waals surface area contributed by atoms with Crippen LogP contribution in [0, 0.1) is 0 Å². The molecule has 0 aromatic heterocycles. The van der Waals surface area contributed by atoms with E-state index in [4.69, 9.17) is 4.74 Å². The Morgan fingerprint density at radius 2 is 0.704 bits per heavy atom. The van der Waals surface area contributed by atoms with Crippen LogP contribution in [0.5, 0.6) is 5.75 Å². The van der Waals surface area contributed by atoms with E-state index in [1.807, 2.05) is 0 Å². The number of benzene rings is 4. The average Bonchev–Trinajstić information content (AvgIpc) is 3.06. The molecule has 0 bridgehead atoms. The summed E-state index contributed by atoms with van der Waals surface area (Å²) in [4.78, 5) is -2.54. The van der Waals surface area contributed by atoms with Gasteiger partial charge in [0, 0.05) is 32.3 Å². The van der Waals surface area contributed by atoms with Crippen LogP contribution in [0.1, 0.15) is 135 Å². The van der Waals surface area contributed by atoms with Crippen LogP contribution in [0.25, 0.3) is 32.3 Å². The molecular formula is C38H51Na3O10S3. The largest absolute Gasteiger partial charge is 1.00 e. The molecule has 0 fully saturated rings. The Morgan fingerprint density at radius 1 is 0.426 bits per heavy atom. The SMILES string of the molecule is CCCCCCCCCCCCCCCCCCCCCCOc1cc(S(=O)(=O)[O-])c2ccc3c(S(=O)(=O)[O-])cc(S(=O)(=O)[O-])c4ccc1c2c43.[Na+].[Na+].[Na+]. The van der Waals surface area contributed by atoms with Crippen LogP contribution in [-0.4, -0.2) is 45.5 Å². The minimum absolute atomic E-state index is 0. The molecule has 0 aliphatic carbocycles. The van der Waals surface area contributed by atoms with E-state index in [1.54, 1.807) is 0 Å². The minimum Gasteiger partial charge on any atom is -0.744 e. The normalized spacial score (nSPS) is 12.1. The van der Waals surface area contributed by atoms with E-state index in [1.165, 1.54) is 121 Å². The molecule has 4 rings (SSSR count). The summed E-state index contributed by atoms with van der Waals surface area (Å²) in [6.45, 7) is 2.47. The summed E-state index contributed by atoms with van der Waals surface area (Å²) >= 11 is 0. The number of ether oxygens (including phenoxy) is 1. The summed E-state index contributed by atoms with van der Waals surface area (Å²) in [5.74, 6) is 0.0334. The van der Waals surface area contributed by atoms with Gasteiger partial charge >= 0.3 is 88.7 Å². The van der Waals surface area contributed by atoms with Crippen molar-refractivity contribution in [1.82, 2.24) is 0 Å². The van der Waals surface area contributed by atoms with Gasteiger partial charge in [-0.25, -0.2) is 25.3 Å². The third kappa shape index (κ3) is 15.2. The molecule has 0 saturated carbocycles. The Kier molecular flexibility index (Phi) is 24.4. The maximum absolute atomic E-state index is 12.3. The maximum atomic E-state index is 12.3.